The molecule has 0 atom stereocenters. The second-order valence-electron chi connectivity index (χ2n) is 8.48. The average Bonchev–Trinajstić information content (AvgIpc) is 3.02. The second kappa shape index (κ2) is 7.07. The second-order valence-corrected chi connectivity index (χ2v) is 10.5. The zero-order valence-corrected chi connectivity index (χ0v) is 17.8. The van der Waals surface area contributed by atoms with Crippen LogP contribution >= 0.6 is 0 Å². The smallest absolute Gasteiger partial charge is 0.220 e. The summed E-state index contributed by atoms with van der Waals surface area (Å²) in [5.74, 6) is 0.583. The maximum Gasteiger partial charge on any atom is 0.220 e. The van der Waals surface area contributed by atoms with Gasteiger partial charge in [-0.2, -0.15) is 9.40 Å². The van der Waals surface area contributed by atoms with Crippen LogP contribution in [0.2, 0.25) is 0 Å². The molecule has 9 heteroatoms. The lowest BCUT2D eigenvalue weighted by atomic mass is 9.92. The summed E-state index contributed by atoms with van der Waals surface area (Å²) in [7, 11) is -1.90. The maximum atomic E-state index is 12.9. The van der Waals surface area contributed by atoms with Crippen LogP contribution in [-0.2, 0) is 21.2 Å². The summed E-state index contributed by atoms with van der Waals surface area (Å²) in [5, 5.41) is 13.3. The largest absolute Gasteiger partial charge is 0.356 e. The van der Waals surface area contributed by atoms with Crippen LogP contribution < -0.4 is 4.90 Å². The van der Waals surface area contributed by atoms with Crippen molar-refractivity contribution in [3.63, 3.8) is 0 Å². The predicted octanol–water partition coefficient (Wildman–Crippen LogP) is 2.57. The molecule has 1 aliphatic heterocycles. The molecule has 0 N–H and O–H groups in total. The fraction of sp³-hybridized carbons (Fsp3) is 0.450. The Morgan fingerprint density at radius 2 is 1.86 bits per heavy atom. The standard InChI is InChI=1S/C20H25N5O3S/c1-20(2,3)18-9-10-19(22-21-18)25-11-14(12-25)24(4)29(26,27)13-16-15-7-5-6-8-17(15)28-23-16/h5-10,14H,11-13H2,1-4H3. The molecule has 3 heterocycles. The Kier molecular flexibility index (Phi) is 4.82. The number of anilines is 1. The highest BCUT2D eigenvalue weighted by Crippen LogP contribution is 2.27. The van der Waals surface area contributed by atoms with Crippen molar-refractivity contribution < 1.29 is 12.9 Å². The van der Waals surface area contributed by atoms with Crippen molar-refractivity contribution in [2.75, 3.05) is 25.0 Å². The highest BCUT2D eigenvalue weighted by molar-refractivity contribution is 7.88. The van der Waals surface area contributed by atoms with Crippen molar-refractivity contribution in [3.8, 4) is 0 Å². The molecule has 2 aromatic heterocycles. The van der Waals surface area contributed by atoms with Crippen molar-refractivity contribution >= 4 is 26.8 Å². The van der Waals surface area contributed by atoms with Crippen LogP contribution in [0.5, 0.6) is 0 Å². The fourth-order valence-corrected chi connectivity index (χ4v) is 4.66. The Morgan fingerprint density at radius 1 is 1.14 bits per heavy atom. The third-order valence-electron chi connectivity index (χ3n) is 5.33. The van der Waals surface area contributed by atoms with Crippen molar-refractivity contribution in [1.29, 1.82) is 0 Å². The van der Waals surface area contributed by atoms with E-state index in [0.717, 1.165) is 16.9 Å². The highest BCUT2D eigenvalue weighted by Gasteiger charge is 2.37. The number of aromatic nitrogens is 3. The van der Waals surface area contributed by atoms with E-state index in [1.165, 1.54) is 4.31 Å². The molecule has 8 nitrogen and oxygen atoms in total. The summed E-state index contributed by atoms with van der Waals surface area (Å²) >= 11 is 0. The first kappa shape index (κ1) is 19.8. The van der Waals surface area contributed by atoms with E-state index in [-0.39, 0.29) is 17.2 Å². The molecule has 1 fully saturated rings. The van der Waals surface area contributed by atoms with Gasteiger partial charge in [-0.25, -0.2) is 8.42 Å². The molecule has 1 aliphatic rings. The van der Waals surface area contributed by atoms with Crippen LogP contribution in [0.1, 0.15) is 32.2 Å². The molecule has 1 saturated heterocycles. The molecule has 29 heavy (non-hydrogen) atoms. The molecule has 0 spiro atoms. The normalized spacial score (nSPS) is 15.8. The zero-order chi connectivity index (χ0) is 20.8. The first-order chi connectivity index (χ1) is 13.6. The minimum Gasteiger partial charge on any atom is -0.356 e. The zero-order valence-electron chi connectivity index (χ0n) is 17.0. The lowest BCUT2D eigenvalue weighted by molar-refractivity contribution is 0.308. The molecule has 0 saturated carbocycles. The number of fused-ring (bicyclic) bond motifs is 1. The fourth-order valence-electron chi connectivity index (χ4n) is 3.31. The van der Waals surface area contributed by atoms with Crippen molar-refractivity contribution in [2.45, 2.75) is 38.0 Å². The highest BCUT2D eigenvalue weighted by atomic mass is 32.2. The molecule has 3 aromatic rings. The molecule has 4 rings (SSSR count). The van der Waals surface area contributed by atoms with Gasteiger partial charge in [0.25, 0.3) is 0 Å². The molecule has 0 bridgehead atoms. The number of benzene rings is 1. The van der Waals surface area contributed by atoms with Crippen LogP contribution in [-0.4, -0.2) is 54.3 Å². The van der Waals surface area contributed by atoms with Gasteiger partial charge in [-0.1, -0.05) is 38.1 Å². The topological polar surface area (TPSA) is 92.4 Å². The molecule has 0 aliphatic carbocycles. The van der Waals surface area contributed by atoms with Gasteiger partial charge in [-0.3, -0.25) is 0 Å². The van der Waals surface area contributed by atoms with E-state index in [1.807, 2.05) is 35.2 Å². The van der Waals surface area contributed by atoms with Gasteiger partial charge < -0.3 is 9.42 Å². The van der Waals surface area contributed by atoms with E-state index < -0.39 is 10.0 Å². The van der Waals surface area contributed by atoms with Gasteiger partial charge in [0.2, 0.25) is 10.0 Å². The maximum absolute atomic E-state index is 12.9. The predicted molar refractivity (Wildman–Crippen MR) is 111 cm³/mol. The van der Waals surface area contributed by atoms with Crippen LogP contribution in [0, 0.1) is 0 Å². The van der Waals surface area contributed by atoms with Crippen LogP contribution in [0.4, 0.5) is 5.82 Å². The Labute approximate surface area is 170 Å². The van der Waals surface area contributed by atoms with E-state index in [1.54, 1.807) is 13.1 Å². The number of likely N-dealkylation sites (N-methyl/N-ethyl adjacent to an activating group) is 1. The summed E-state index contributed by atoms with van der Waals surface area (Å²) in [6, 6.07) is 11.1. The summed E-state index contributed by atoms with van der Waals surface area (Å²) in [6.45, 7) is 7.44. The molecule has 1 aromatic carbocycles. The quantitative estimate of drug-likeness (QED) is 0.632. The van der Waals surface area contributed by atoms with Gasteiger partial charge in [0.1, 0.15) is 11.4 Å². The molecule has 0 radical (unpaired) electrons. The van der Waals surface area contributed by atoms with Crippen molar-refractivity contribution in [1.82, 2.24) is 19.7 Å². The Bertz CT molecular complexity index is 1110. The van der Waals surface area contributed by atoms with E-state index in [2.05, 4.69) is 36.1 Å². The van der Waals surface area contributed by atoms with Gasteiger partial charge in [0, 0.05) is 30.9 Å². The van der Waals surface area contributed by atoms with E-state index in [0.29, 0.717) is 24.4 Å². The number of sulfonamides is 1. The van der Waals surface area contributed by atoms with Gasteiger partial charge in [-0.15, -0.1) is 5.10 Å². The van der Waals surface area contributed by atoms with Gasteiger partial charge in [0.15, 0.2) is 11.4 Å². The summed E-state index contributed by atoms with van der Waals surface area (Å²) in [5.41, 5.74) is 1.90. The van der Waals surface area contributed by atoms with Gasteiger partial charge in [-0.05, 0) is 24.3 Å². The Balaban J connectivity index is 1.41. The third kappa shape index (κ3) is 3.84. The minimum absolute atomic E-state index is 0.0530. The summed E-state index contributed by atoms with van der Waals surface area (Å²) < 4.78 is 32.4. The molecule has 0 amide bonds. The Morgan fingerprint density at radius 3 is 2.52 bits per heavy atom. The SMILES string of the molecule is CN(C1CN(c2ccc(C(C)(C)C)nn2)C1)S(=O)(=O)Cc1noc2ccccc12. The third-order valence-corrected chi connectivity index (χ3v) is 7.14. The number of para-hydroxylation sites is 1. The average molecular weight is 416 g/mol. The van der Waals surface area contributed by atoms with E-state index in [4.69, 9.17) is 4.52 Å². The monoisotopic (exact) mass is 415 g/mol. The van der Waals surface area contributed by atoms with Crippen LogP contribution in [0.15, 0.2) is 40.9 Å². The number of hydrogen-bond donors (Lipinski definition) is 0. The number of hydrogen-bond acceptors (Lipinski definition) is 7. The van der Waals surface area contributed by atoms with Crippen LogP contribution in [0.25, 0.3) is 11.0 Å². The molecular weight excluding hydrogens is 390 g/mol. The lowest BCUT2D eigenvalue weighted by Crippen LogP contribution is -2.60. The molecule has 0 unspecified atom stereocenters. The summed E-state index contributed by atoms with van der Waals surface area (Å²) in [4.78, 5) is 2.03. The first-order valence-electron chi connectivity index (χ1n) is 9.53. The molecular formula is C20H25N5O3S. The van der Waals surface area contributed by atoms with Crippen molar-refractivity contribution in [2.24, 2.45) is 0 Å². The summed E-state index contributed by atoms with van der Waals surface area (Å²) in [6.07, 6.45) is 0. The van der Waals surface area contributed by atoms with E-state index >= 15 is 0 Å². The van der Waals surface area contributed by atoms with Crippen LogP contribution in [0.3, 0.4) is 0 Å². The lowest BCUT2D eigenvalue weighted by Gasteiger charge is -2.43. The van der Waals surface area contributed by atoms with Gasteiger partial charge in [0.05, 0.1) is 11.7 Å². The number of rotatable bonds is 5. The molecule has 154 valence electrons. The van der Waals surface area contributed by atoms with Crippen molar-refractivity contribution in [3.05, 3.63) is 47.8 Å². The first-order valence-corrected chi connectivity index (χ1v) is 11.1. The van der Waals surface area contributed by atoms with Gasteiger partial charge >= 0.3 is 0 Å². The number of nitrogens with zero attached hydrogens (tertiary/aromatic N) is 5. The Hall–Kier alpha value is -2.52. The van der Waals surface area contributed by atoms with E-state index in [9.17, 15) is 8.42 Å². The minimum atomic E-state index is -3.52.